The highest BCUT2D eigenvalue weighted by molar-refractivity contribution is 8.00. The Kier molecular flexibility index (Phi) is 5.85. The van der Waals surface area contributed by atoms with Crippen molar-refractivity contribution in [2.24, 2.45) is 0 Å². The monoisotopic (exact) mass is 278 g/mol. The average Bonchev–Trinajstić information content (AvgIpc) is 2.33. The molecule has 0 spiro atoms. The van der Waals surface area contributed by atoms with Crippen LogP contribution in [0.5, 0.6) is 5.75 Å². The summed E-state index contributed by atoms with van der Waals surface area (Å²) >= 11 is -0.0605. The molecule has 1 rings (SSSR count). The molecule has 0 aliphatic heterocycles. The molecule has 0 N–H and O–H groups in total. The molecule has 0 aliphatic carbocycles. The first-order valence-electron chi connectivity index (χ1n) is 5.86. The first kappa shape index (κ1) is 15.2. The SMILES string of the molecule is CCC(C)c1ccc(OCCSC(F)(F)F)cc1. The Morgan fingerprint density at radius 3 is 2.33 bits per heavy atom. The van der Waals surface area contributed by atoms with Gasteiger partial charge in [-0.15, -0.1) is 0 Å². The number of benzene rings is 1. The second kappa shape index (κ2) is 6.92. The van der Waals surface area contributed by atoms with Gasteiger partial charge in [-0.05, 0) is 41.8 Å². The van der Waals surface area contributed by atoms with Crippen LogP contribution in [0.15, 0.2) is 24.3 Å². The summed E-state index contributed by atoms with van der Waals surface area (Å²) in [6.45, 7) is 4.31. The average molecular weight is 278 g/mol. The van der Waals surface area contributed by atoms with Crippen LogP contribution in [-0.2, 0) is 0 Å². The third kappa shape index (κ3) is 5.67. The molecule has 0 fully saturated rings. The molecule has 0 saturated carbocycles. The minimum atomic E-state index is -4.18. The fraction of sp³-hybridized carbons (Fsp3) is 0.538. The van der Waals surface area contributed by atoms with Crippen LogP contribution in [0, 0.1) is 0 Å². The van der Waals surface area contributed by atoms with Crippen molar-refractivity contribution < 1.29 is 17.9 Å². The molecule has 1 aromatic carbocycles. The van der Waals surface area contributed by atoms with E-state index in [0.717, 1.165) is 6.42 Å². The molecular formula is C13H17F3OS. The van der Waals surface area contributed by atoms with Gasteiger partial charge in [0.2, 0.25) is 0 Å². The van der Waals surface area contributed by atoms with Crippen LogP contribution < -0.4 is 4.74 Å². The number of hydrogen-bond acceptors (Lipinski definition) is 2. The van der Waals surface area contributed by atoms with Crippen LogP contribution in [0.1, 0.15) is 31.7 Å². The second-order valence-corrected chi connectivity index (χ2v) is 5.18. The quantitative estimate of drug-likeness (QED) is 0.689. The van der Waals surface area contributed by atoms with Gasteiger partial charge in [-0.25, -0.2) is 0 Å². The molecule has 0 aliphatic rings. The lowest BCUT2D eigenvalue weighted by Crippen LogP contribution is -2.07. The maximum absolute atomic E-state index is 11.9. The van der Waals surface area contributed by atoms with E-state index in [1.54, 1.807) is 12.1 Å². The molecule has 102 valence electrons. The van der Waals surface area contributed by atoms with Crippen LogP contribution in [0.4, 0.5) is 13.2 Å². The van der Waals surface area contributed by atoms with Crippen molar-refractivity contribution in [1.82, 2.24) is 0 Å². The number of ether oxygens (including phenoxy) is 1. The van der Waals surface area contributed by atoms with Crippen LogP contribution in [0.2, 0.25) is 0 Å². The Morgan fingerprint density at radius 1 is 1.22 bits per heavy atom. The third-order valence-electron chi connectivity index (χ3n) is 2.68. The summed E-state index contributed by atoms with van der Waals surface area (Å²) in [7, 11) is 0. The van der Waals surface area contributed by atoms with Gasteiger partial charge in [0, 0.05) is 5.75 Å². The molecule has 0 saturated heterocycles. The highest BCUT2D eigenvalue weighted by Gasteiger charge is 2.27. The van der Waals surface area contributed by atoms with Gasteiger partial charge >= 0.3 is 5.51 Å². The van der Waals surface area contributed by atoms with Crippen molar-refractivity contribution in [3.8, 4) is 5.75 Å². The van der Waals surface area contributed by atoms with Crippen molar-refractivity contribution in [3.05, 3.63) is 29.8 Å². The fourth-order valence-electron chi connectivity index (χ4n) is 1.45. The lowest BCUT2D eigenvalue weighted by Gasteiger charge is -2.11. The second-order valence-electron chi connectivity index (χ2n) is 4.02. The van der Waals surface area contributed by atoms with Gasteiger partial charge in [0.1, 0.15) is 5.75 Å². The van der Waals surface area contributed by atoms with Gasteiger partial charge in [-0.1, -0.05) is 26.0 Å². The molecule has 1 nitrogen and oxygen atoms in total. The van der Waals surface area contributed by atoms with E-state index in [0.29, 0.717) is 11.7 Å². The minimum Gasteiger partial charge on any atom is -0.493 e. The third-order valence-corrected chi connectivity index (χ3v) is 3.38. The van der Waals surface area contributed by atoms with Crippen molar-refractivity contribution in [2.75, 3.05) is 12.4 Å². The molecule has 5 heteroatoms. The summed E-state index contributed by atoms with van der Waals surface area (Å²) in [5, 5.41) is 0. The van der Waals surface area contributed by atoms with E-state index in [9.17, 15) is 13.2 Å². The molecule has 1 aromatic rings. The van der Waals surface area contributed by atoms with Crippen molar-refractivity contribution in [1.29, 1.82) is 0 Å². The summed E-state index contributed by atoms with van der Waals surface area (Å²) in [6, 6.07) is 7.53. The summed E-state index contributed by atoms with van der Waals surface area (Å²) < 4.78 is 40.9. The Bertz CT molecular complexity index is 348. The maximum Gasteiger partial charge on any atom is 0.441 e. The molecule has 1 unspecified atom stereocenters. The number of rotatable bonds is 6. The van der Waals surface area contributed by atoms with Gasteiger partial charge in [0.05, 0.1) is 6.61 Å². The van der Waals surface area contributed by atoms with Crippen LogP contribution in [0.3, 0.4) is 0 Å². The summed E-state index contributed by atoms with van der Waals surface area (Å²) in [6.07, 6.45) is 1.06. The predicted molar refractivity (Wildman–Crippen MR) is 69.2 cm³/mol. The number of hydrogen-bond donors (Lipinski definition) is 0. The van der Waals surface area contributed by atoms with E-state index in [2.05, 4.69) is 13.8 Å². The summed E-state index contributed by atoms with van der Waals surface area (Å²) in [5.41, 5.74) is -2.96. The molecule has 0 radical (unpaired) electrons. The highest BCUT2D eigenvalue weighted by atomic mass is 32.2. The van der Waals surface area contributed by atoms with Gasteiger partial charge in [-0.2, -0.15) is 13.2 Å². The lowest BCUT2D eigenvalue weighted by molar-refractivity contribution is -0.0329. The predicted octanol–water partition coefficient (Wildman–Crippen LogP) is 4.83. The van der Waals surface area contributed by atoms with Crippen molar-refractivity contribution in [2.45, 2.75) is 31.7 Å². The van der Waals surface area contributed by atoms with Crippen LogP contribution >= 0.6 is 11.8 Å². The smallest absolute Gasteiger partial charge is 0.441 e. The normalized spacial score (nSPS) is 13.4. The van der Waals surface area contributed by atoms with Gasteiger partial charge in [0.25, 0.3) is 0 Å². The highest BCUT2D eigenvalue weighted by Crippen LogP contribution is 2.29. The van der Waals surface area contributed by atoms with E-state index >= 15 is 0 Å². The van der Waals surface area contributed by atoms with Crippen LogP contribution in [-0.4, -0.2) is 17.9 Å². The van der Waals surface area contributed by atoms with Crippen LogP contribution in [0.25, 0.3) is 0 Å². The number of alkyl halides is 3. The fourth-order valence-corrected chi connectivity index (χ4v) is 1.84. The molecule has 0 amide bonds. The standard InChI is InChI=1S/C13H17F3OS/c1-3-10(2)11-4-6-12(7-5-11)17-8-9-18-13(14,15)16/h4-7,10H,3,8-9H2,1-2H3. The van der Waals surface area contributed by atoms with Gasteiger partial charge < -0.3 is 4.74 Å². The van der Waals surface area contributed by atoms with Gasteiger partial charge in [-0.3, -0.25) is 0 Å². The summed E-state index contributed by atoms with van der Waals surface area (Å²) in [5.74, 6) is 1.01. The van der Waals surface area contributed by atoms with E-state index in [1.165, 1.54) is 5.56 Å². The van der Waals surface area contributed by atoms with E-state index in [4.69, 9.17) is 4.74 Å². The molecule has 0 aromatic heterocycles. The van der Waals surface area contributed by atoms with E-state index in [-0.39, 0.29) is 24.1 Å². The zero-order valence-electron chi connectivity index (χ0n) is 10.5. The van der Waals surface area contributed by atoms with Crippen molar-refractivity contribution in [3.63, 3.8) is 0 Å². The zero-order chi connectivity index (χ0) is 13.6. The Balaban J connectivity index is 2.35. The lowest BCUT2D eigenvalue weighted by atomic mass is 9.99. The molecule has 0 heterocycles. The first-order chi connectivity index (χ1) is 8.42. The largest absolute Gasteiger partial charge is 0.493 e. The number of halogens is 3. The van der Waals surface area contributed by atoms with E-state index in [1.807, 2.05) is 12.1 Å². The molecule has 1 atom stereocenters. The first-order valence-corrected chi connectivity index (χ1v) is 6.84. The molecular weight excluding hydrogens is 261 g/mol. The van der Waals surface area contributed by atoms with E-state index < -0.39 is 5.51 Å². The minimum absolute atomic E-state index is 0.0605. The Morgan fingerprint density at radius 2 is 1.83 bits per heavy atom. The topological polar surface area (TPSA) is 9.23 Å². The molecule has 18 heavy (non-hydrogen) atoms. The summed E-state index contributed by atoms with van der Waals surface area (Å²) in [4.78, 5) is 0. The maximum atomic E-state index is 11.9. The zero-order valence-corrected chi connectivity index (χ0v) is 11.3. The Labute approximate surface area is 110 Å². The molecule has 0 bridgehead atoms. The van der Waals surface area contributed by atoms with Crippen molar-refractivity contribution >= 4 is 11.8 Å². The van der Waals surface area contributed by atoms with Gasteiger partial charge in [0.15, 0.2) is 0 Å². The number of thioether (sulfide) groups is 1. The Hall–Kier alpha value is -0.840.